The second-order valence-corrected chi connectivity index (χ2v) is 7.97. The number of carbonyl (C=O) groups is 2. The Balaban J connectivity index is 1.82. The second-order valence-electron chi connectivity index (χ2n) is 7.53. The van der Waals surface area contributed by atoms with Crippen LogP contribution >= 0.6 is 11.6 Å². The topological polar surface area (TPSA) is 49.4 Å². The lowest BCUT2D eigenvalue weighted by molar-refractivity contribution is -0.140. The third-order valence-electron chi connectivity index (χ3n) is 5.63. The molecule has 2 aromatic rings. The van der Waals surface area contributed by atoms with Crippen LogP contribution in [0.5, 0.6) is 0 Å². The normalized spacial score (nSPS) is 20.3. The highest BCUT2D eigenvalue weighted by Crippen LogP contribution is 2.39. The lowest BCUT2D eigenvalue weighted by Crippen LogP contribution is -2.42. The van der Waals surface area contributed by atoms with Crippen molar-refractivity contribution in [2.45, 2.75) is 38.1 Å². The minimum atomic E-state index is -0.498. The molecule has 6 heteroatoms. The van der Waals surface area contributed by atoms with Gasteiger partial charge in [0.1, 0.15) is 12.4 Å². The van der Waals surface area contributed by atoms with Crippen LogP contribution in [0.1, 0.15) is 49.3 Å². The van der Waals surface area contributed by atoms with E-state index in [2.05, 4.69) is 5.32 Å². The summed E-state index contributed by atoms with van der Waals surface area (Å²) in [6, 6.07) is 10.8. The molecule has 1 atom stereocenters. The Kier molecular flexibility index (Phi) is 5.36. The summed E-state index contributed by atoms with van der Waals surface area (Å²) in [7, 11) is 0. The molecule has 146 valence electrons. The van der Waals surface area contributed by atoms with Crippen molar-refractivity contribution in [1.82, 2.24) is 4.90 Å². The van der Waals surface area contributed by atoms with Gasteiger partial charge in [-0.05, 0) is 48.7 Å². The Bertz CT molecular complexity index is 894. The van der Waals surface area contributed by atoms with Gasteiger partial charge in [0.25, 0.3) is 0 Å². The van der Waals surface area contributed by atoms with Crippen LogP contribution in [-0.2, 0) is 9.59 Å². The van der Waals surface area contributed by atoms with Crippen LogP contribution in [0.3, 0.4) is 0 Å². The molecule has 2 aliphatic rings. The molecule has 1 aliphatic heterocycles. The number of benzene rings is 2. The first-order valence-electron chi connectivity index (χ1n) is 9.68. The summed E-state index contributed by atoms with van der Waals surface area (Å²) in [5, 5.41) is 3.40. The summed E-state index contributed by atoms with van der Waals surface area (Å²) >= 11 is 6.24. The van der Waals surface area contributed by atoms with Crippen LogP contribution < -0.4 is 5.32 Å². The summed E-state index contributed by atoms with van der Waals surface area (Å²) < 4.78 is 13.5. The molecule has 1 heterocycles. The van der Waals surface area contributed by atoms with Gasteiger partial charge < -0.3 is 10.2 Å². The van der Waals surface area contributed by atoms with Gasteiger partial charge in [-0.25, -0.2) is 4.39 Å². The highest BCUT2D eigenvalue weighted by atomic mass is 35.5. The van der Waals surface area contributed by atoms with E-state index in [1.165, 1.54) is 12.1 Å². The Morgan fingerprint density at radius 1 is 1.07 bits per heavy atom. The summed E-state index contributed by atoms with van der Waals surface area (Å²) in [4.78, 5) is 27.6. The fourth-order valence-corrected chi connectivity index (χ4v) is 4.45. The van der Waals surface area contributed by atoms with Gasteiger partial charge in [-0.2, -0.15) is 0 Å². The van der Waals surface area contributed by atoms with Crippen LogP contribution in [-0.4, -0.2) is 23.3 Å². The van der Waals surface area contributed by atoms with Crippen LogP contribution in [0.25, 0.3) is 0 Å². The van der Waals surface area contributed by atoms with Crippen molar-refractivity contribution in [1.29, 1.82) is 0 Å². The predicted molar refractivity (Wildman–Crippen MR) is 107 cm³/mol. The van der Waals surface area contributed by atoms with Crippen LogP contribution in [0.15, 0.2) is 42.5 Å². The molecule has 28 heavy (non-hydrogen) atoms. The van der Waals surface area contributed by atoms with Crippen molar-refractivity contribution in [3.63, 3.8) is 0 Å². The molecule has 1 fully saturated rings. The van der Waals surface area contributed by atoms with E-state index in [0.29, 0.717) is 10.7 Å². The number of nitrogens with one attached hydrogen (secondary N) is 1. The molecular weight excluding hydrogens is 379 g/mol. The van der Waals surface area contributed by atoms with Gasteiger partial charge in [0.05, 0.1) is 6.04 Å². The number of nitrogens with zero attached hydrogens (tertiary/aromatic N) is 1. The zero-order valence-corrected chi connectivity index (χ0v) is 16.2. The number of rotatable bonds is 2. The maximum Gasteiger partial charge on any atom is 0.244 e. The third kappa shape index (κ3) is 3.76. The van der Waals surface area contributed by atoms with Crippen LogP contribution in [0.4, 0.5) is 10.1 Å². The fraction of sp³-hybridized carbons (Fsp3) is 0.364. The standard InChI is InChI=1S/C22H22ClFN2O2/c23-16-8-11-19-18(12-16)21(14-6-9-17(24)10-7-14)26(13-20(27)25-19)22(28)15-4-2-1-3-5-15/h6-12,15,21H,1-5,13H2,(H,25,27)/t21-/m1/s1. The SMILES string of the molecule is O=C1CN(C(=O)C2CCCCC2)[C@H](c2ccc(F)cc2)c2cc(Cl)ccc2N1. The molecule has 4 rings (SSSR count). The molecule has 1 N–H and O–H groups in total. The first-order chi connectivity index (χ1) is 13.5. The van der Waals surface area contributed by atoms with E-state index >= 15 is 0 Å². The predicted octanol–water partition coefficient (Wildman–Crippen LogP) is 4.93. The average molecular weight is 401 g/mol. The van der Waals surface area contributed by atoms with Gasteiger partial charge in [-0.15, -0.1) is 0 Å². The van der Waals surface area contributed by atoms with Crippen molar-refractivity contribution in [3.05, 3.63) is 64.4 Å². The van der Waals surface area contributed by atoms with E-state index in [0.717, 1.165) is 43.2 Å². The number of hydrogen-bond donors (Lipinski definition) is 1. The zero-order chi connectivity index (χ0) is 19.7. The average Bonchev–Trinajstić information content (AvgIpc) is 2.84. The molecule has 2 aromatic carbocycles. The quantitative estimate of drug-likeness (QED) is 0.777. The van der Waals surface area contributed by atoms with Crippen LogP contribution in [0, 0.1) is 11.7 Å². The number of anilines is 1. The van der Waals surface area contributed by atoms with E-state index in [1.807, 2.05) is 0 Å². The molecule has 0 aromatic heterocycles. The molecule has 2 amide bonds. The Labute approximate surface area is 168 Å². The largest absolute Gasteiger partial charge is 0.324 e. The van der Waals surface area contributed by atoms with Crippen molar-refractivity contribution < 1.29 is 14.0 Å². The Hall–Kier alpha value is -2.40. The fourth-order valence-electron chi connectivity index (χ4n) is 4.27. The number of halogens is 2. The Morgan fingerprint density at radius 3 is 2.50 bits per heavy atom. The molecule has 0 radical (unpaired) electrons. The second kappa shape index (κ2) is 7.92. The van der Waals surface area contributed by atoms with Crippen molar-refractivity contribution >= 4 is 29.1 Å². The highest BCUT2D eigenvalue weighted by Gasteiger charge is 2.36. The van der Waals surface area contributed by atoms with Crippen molar-refractivity contribution in [2.75, 3.05) is 11.9 Å². The first-order valence-corrected chi connectivity index (χ1v) is 10.1. The summed E-state index contributed by atoms with van der Waals surface area (Å²) in [5.74, 6) is -0.678. The molecule has 0 saturated heterocycles. The van der Waals surface area contributed by atoms with Gasteiger partial charge in [-0.1, -0.05) is 43.0 Å². The van der Waals surface area contributed by atoms with Gasteiger partial charge >= 0.3 is 0 Å². The van der Waals surface area contributed by atoms with Gasteiger partial charge in [0.2, 0.25) is 11.8 Å². The summed E-state index contributed by atoms with van der Waals surface area (Å²) in [6.07, 6.45) is 4.88. The van der Waals surface area contributed by atoms with E-state index in [9.17, 15) is 14.0 Å². The third-order valence-corrected chi connectivity index (χ3v) is 5.87. The zero-order valence-electron chi connectivity index (χ0n) is 15.5. The molecule has 1 saturated carbocycles. The van der Waals surface area contributed by atoms with E-state index < -0.39 is 6.04 Å². The number of carbonyl (C=O) groups excluding carboxylic acids is 2. The maximum absolute atomic E-state index is 13.5. The molecule has 0 bridgehead atoms. The first kappa shape index (κ1) is 18.9. The molecule has 0 unspecified atom stereocenters. The van der Waals surface area contributed by atoms with Gasteiger partial charge in [0.15, 0.2) is 0 Å². The minimum absolute atomic E-state index is 0.0167. The lowest BCUT2D eigenvalue weighted by Gasteiger charge is -2.34. The summed E-state index contributed by atoms with van der Waals surface area (Å²) in [6.45, 7) is -0.0380. The monoisotopic (exact) mass is 400 g/mol. The van der Waals surface area contributed by atoms with E-state index in [-0.39, 0.29) is 30.1 Å². The number of amides is 2. The smallest absolute Gasteiger partial charge is 0.244 e. The summed E-state index contributed by atoms with van der Waals surface area (Å²) in [5.41, 5.74) is 2.13. The highest BCUT2D eigenvalue weighted by molar-refractivity contribution is 6.30. The van der Waals surface area contributed by atoms with Gasteiger partial charge in [-0.3, -0.25) is 9.59 Å². The molecular formula is C22H22ClFN2O2. The van der Waals surface area contributed by atoms with Gasteiger partial charge in [0, 0.05) is 22.2 Å². The minimum Gasteiger partial charge on any atom is -0.324 e. The molecule has 0 spiro atoms. The van der Waals surface area contributed by atoms with Crippen molar-refractivity contribution in [2.24, 2.45) is 5.92 Å². The molecule has 4 nitrogen and oxygen atoms in total. The van der Waals surface area contributed by atoms with E-state index in [4.69, 9.17) is 11.6 Å². The number of fused-ring (bicyclic) bond motifs is 1. The lowest BCUT2D eigenvalue weighted by atomic mass is 9.87. The maximum atomic E-state index is 13.5. The van der Waals surface area contributed by atoms with E-state index in [1.54, 1.807) is 35.2 Å². The Morgan fingerprint density at radius 2 is 1.79 bits per heavy atom. The van der Waals surface area contributed by atoms with Crippen molar-refractivity contribution in [3.8, 4) is 0 Å². The molecule has 1 aliphatic carbocycles. The van der Waals surface area contributed by atoms with Crippen LogP contribution in [0.2, 0.25) is 5.02 Å². The number of hydrogen-bond acceptors (Lipinski definition) is 2.